The number of rotatable bonds is 14. The number of nitrogens with zero attached hydrogens (tertiary/aromatic N) is 5. The molecular formula is C103H129B2N5. The third-order valence-electron chi connectivity index (χ3n) is 16.8. The fourth-order valence-electron chi connectivity index (χ4n) is 12.0. The Morgan fingerprint density at radius 3 is 0.745 bits per heavy atom. The second-order valence-electron chi connectivity index (χ2n) is 23.4. The van der Waals surface area contributed by atoms with Crippen LogP contribution >= 0.6 is 0 Å². The summed E-state index contributed by atoms with van der Waals surface area (Å²) in [6.45, 7) is 40.8. The second kappa shape index (κ2) is 58.1. The van der Waals surface area contributed by atoms with E-state index in [-0.39, 0.29) is 0 Å². The smallest absolute Gasteiger partial charge is 0.184 e. The number of fused-ring (bicyclic) bond motifs is 2. The molecular weight excluding hydrogens is 1330 g/mol. The Bertz CT molecular complexity index is 4030. The first-order valence-corrected chi connectivity index (χ1v) is 40.8. The van der Waals surface area contributed by atoms with E-state index in [2.05, 4.69) is 419 Å². The average Bonchev–Trinajstić information content (AvgIpc) is 1.65. The molecule has 2 heterocycles. The van der Waals surface area contributed by atoms with Crippen molar-refractivity contribution in [2.45, 2.75) is 163 Å². The zero-order chi connectivity index (χ0) is 80.4. The van der Waals surface area contributed by atoms with Crippen molar-refractivity contribution in [2.24, 2.45) is 0 Å². The van der Waals surface area contributed by atoms with Crippen LogP contribution in [0.5, 0.6) is 0 Å². The lowest BCUT2D eigenvalue weighted by Crippen LogP contribution is -2.27. The highest BCUT2D eigenvalue weighted by Gasteiger charge is 2.28. The Labute approximate surface area is 670 Å². The van der Waals surface area contributed by atoms with Crippen molar-refractivity contribution in [1.29, 1.82) is 0 Å². The van der Waals surface area contributed by atoms with Gasteiger partial charge >= 0.3 is 0 Å². The zero-order valence-electron chi connectivity index (χ0n) is 70.2. The molecule has 0 aliphatic carbocycles. The number of anilines is 11. The van der Waals surface area contributed by atoms with Crippen LogP contribution in [0.4, 0.5) is 62.6 Å². The quantitative estimate of drug-likeness (QED) is 0.101. The van der Waals surface area contributed by atoms with Gasteiger partial charge in [-0.2, -0.15) is 0 Å². The molecule has 7 heteroatoms. The summed E-state index contributed by atoms with van der Waals surface area (Å²) in [6, 6.07) is 131. The van der Waals surface area contributed by atoms with Gasteiger partial charge in [-0.25, -0.2) is 0 Å². The summed E-state index contributed by atoms with van der Waals surface area (Å²) in [7, 11) is 4.62. The molecule has 0 N–H and O–H groups in total. The van der Waals surface area contributed by atoms with E-state index in [0.29, 0.717) is 11.9 Å². The largest absolute Gasteiger partial charge is 0.347 e. The molecule has 0 bridgehead atoms. The lowest BCUT2D eigenvalue weighted by Gasteiger charge is -2.25. The first kappa shape index (κ1) is 93.2. The second-order valence-corrected chi connectivity index (χ2v) is 23.4. The molecule has 2 aliphatic rings. The molecule has 13 aromatic carbocycles. The van der Waals surface area contributed by atoms with Crippen LogP contribution in [0, 0.1) is 0 Å². The van der Waals surface area contributed by atoms with Gasteiger partial charge in [-0.1, -0.05) is 390 Å². The van der Waals surface area contributed by atoms with Crippen LogP contribution in [-0.2, 0) is 19.4 Å². The average molecular weight is 1460 g/mol. The predicted octanol–water partition coefficient (Wildman–Crippen LogP) is 29.0. The molecule has 5 nitrogen and oxygen atoms in total. The van der Waals surface area contributed by atoms with Crippen LogP contribution in [0.15, 0.2) is 376 Å². The normalized spacial score (nSPS) is 11.5. The minimum atomic E-state index is 0.430. The molecule has 2 unspecified atom stereocenters. The van der Waals surface area contributed by atoms with Crippen LogP contribution < -0.4 is 35.4 Å². The van der Waals surface area contributed by atoms with Crippen molar-refractivity contribution in [2.75, 3.05) is 31.0 Å². The van der Waals surface area contributed by atoms with Crippen molar-refractivity contribution < 1.29 is 0 Å². The Morgan fingerprint density at radius 1 is 0.236 bits per heavy atom. The van der Waals surface area contributed by atoms with E-state index >= 15 is 0 Å². The van der Waals surface area contributed by atoms with Gasteiger partial charge in [0.15, 0.2) is 14.6 Å². The minimum Gasteiger partial charge on any atom is -0.347 e. The summed E-state index contributed by atoms with van der Waals surface area (Å²) in [4.78, 5) is 11.6. The SMILES string of the molecule is CC.CC.CC.CC.CC.CC.CC.CC1[B]c2ccccc2N1c1ccccc1.CC1[B]c2ccccc2N1c1ccccc1.CCN(c1ccccc1)c1ccccc1.CCc1ccc(N(c2ccccc2)c2ccccc2)cc1.CCc1ccccc1.c1ccc(CN(c2ccccc2)c2ccccc2)cc1. The van der Waals surface area contributed by atoms with Gasteiger partial charge in [0.2, 0.25) is 0 Å². The molecule has 0 spiro atoms. The number of aryl methyl sites for hydroxylation is 2. The van der Waals surface area contributed by atoms with Crippen LogP contribution in [0.25, 0.3) is 0 Å². The van der Waals surface area contributed by atoms with Crippen molar-refractivity contribution in [3.05, 3.63) is 393 Å². The van der Waals surface area contributed by atoms with Crippen LogP contribution in [0.1, 0.15) is 148 Å². The van der Waals surface area contributed by atoms with E-state index in [1.807, 2.05) is 127 Å². The monoisotopic (exact) mass is 1460 g/mol. The molecule has 110 heavy (non-hydrogen) atoms. The molecule has 2 radical (unpaired) electrons. The molecule has 13 aromatic rings. The first-order valence-electron chi connectivity index (χ1n) is 40.8. The molecule has 572 valence electrons. The van der Waals surface area contributed by atoms with Gasteiger partial charge in [0.25, 0.3) is 0 Å². The highest BCUT2D eigenvalue weighted by molar-refractivity contribution is 6.61. The highest BCUT2D eigenvalue weighted by atomic mass is 15.2. The summed E-state index contributed by atoms with van der Waals surface area (Å²) in [5.74, 6) is 0.861. The molecule has 0 saturated heterocycles. The van der Waals surface area contributed by atoms with Crippen molar-refractivity contribution in [1.82, 2.24) is 0 Å². The topological polar surface area (TPSA) is 16.2 Å². The van der Waals surface area contributed by atoms with Gasteiger partial charge < -0.3 is 24.5 Å². The molecule has 2 aliphatic heterocycles. The summed E-state index contributed by atoms with van der Waals surface area (Å²) in [5.41, 5.74) is 20.3. The number of para-hydroxylation sites is 10. The minimum absolute atomic E-state index is 0.430. The van der Waals surface area contributed by atoms with Gasteiger partial charge in [-0.05, 0) is 158 Å². The third kappa shape index (κ3) is 30.6. The Kier molecular flexibility index (Phi) is 49.2. The molecule has 0 saturated carbocycles. The van der Waals surface area contributed by atoms with E-state index in [1.54, 1.807) is 0 Å². The fourth-order valence-corrected chi connectivity index (χ4v) is 12.0. The molecule has 2 atom stereocenters. The van der Waals surface area contributed by atoms with Gasteiger partial charge in [-0.15, -0.1) is 0 Å². The standard InChI is InChI=1S/C20H19N.C19H17N.2C14H13BN.C14H15N.C8H10.7C2H6/c1-2-17-13-15-20(16-14-17)21(18-9-5-3-6-10-18)19-11-7-4-8-12-19;1-4-10-17(11-5-1)16-20(18-12-6-2-7-13-18)19-14-8-3-9-15-19;2*1-11-15-13-9-5-6-10-14(13)16(11)12-7-3-2-4-8-12;1-2-15(13-9-5-3-6-10-13)14-11-7-4-8-12-14;1-2-8-6-4-3-5-7-8;7*1-2/h3-16H,2H2,1H3;1-15H,16H2;2*2-11H,1H3;3-12H,2H2,1H3;3-7H,2H2,1H3;7*1-2H3. The van der Waals surface area contributed by atoms with Crippen molar-refractivity contribution >= 4 is 88.0 Å². The lowest BCUT2D eigenvalue weighted by molar-refractivity contribution is 0.960. The van der Waals surface area contributed by atoms with Crippen LogP contribution in [-0.4, -0.2) is 33.0 Å². The highest BCUT2D eigenvalue weighted by Crippen LogP contribution is 2.36. The van der Waals surface area contributed by atoms with Gasteiger partial charge in [0.1, 0.15) is 0 Å². The molecule has 0 amide bonds. The van der Waals surface area contributed by atoms with Crippen LogP contribution in [0.2, 0.25) is 0 Å². The third-order valence-corrected chi connectivity index (χ3v) is 16.8. The van der Waals surface area contributed by atoms with Crippen molar-refractivity contribution in [3.63, 3.8) is 0 Å². The van der Waals surface area contributed by atoms with E-state index in [1.165, 1.54) is 90.2 Å². The fraction of sp³-hybridized carbons (Fsp3) is 0.243. The Balaban J connectivity index is 0.000000335. The van der Waals surface area contributed by atoms with Crippen molar-refractivity contribution in [3.8, 4) is 0 Å². The first-order chi connectivity index (χ1) is 54.4. The zero-order valence-corrected chi connectivity index (χ0v) is 70.2. The van der Waals surface area contributed by atoms with E-state index in [0.717, 1.165) is 25.9 Å². The Hall–Kier alpha value is -11.0. The molecule has 0 fully saturated rings. The van der Waals surface area contributed by atoms with E-state index < -0.39 is 0 Å². The molecule has 0 aromatic heterocycles. The Morgan fingerprint density at radius 2 is 0.464 bits per heavy atom. The number of benzene rings is 13. The van der Waals surface area contributed by atoms with Gasteiger partial charge in [0.05, 0.1) is 0 Å². The maximum Gasteiger partial charge on any atom is 0.184 e. The van der Waals surface area contributed by atoms with Crippen LogP contribution in [0.3, 0.4) is 0 Å². The maximum atomic E-state index is 2.37. The van der Waals surface area contributed by atoms with Gasteiger partial charge in [-0.3, -0.25) is 0 Å². The maximum absolute atomic E-state index is 2.37. The van der Waals surface area contributed by atoms with E-state index in [4.69, 9.17) is 0 Å². The van der Waals surface area contributed by atoms with Gasteiger partial charge in [0, 0.05) is 87.5 Å². The summed E-state index contributed by atoms with van der Waals surface area (Å²) in [5, 5.41) is 0. The lowest BCUT2D eigenvalue weighted by atomic mass is 9.67. The summed E-state index contributed by atoms with van der Waals surface area (Å²) < 4.78 is 0. The summed E-state index contributed by atoms with van der Waals surface area (Å²) >= 11 is 0. The summed E-state index contributed by atoms with van der Waals surface area (Å²) in [6.07, 6.45) is 2.21. The molecule has 15 rings (SSSR count). The predicted molar refractivity (Wildman–Crippen MR) is 496 cm³/mol. The van der Waals surface area contributed by atoms with E-state index in [9.17, 15) is 0 Å². The number of hydrogen-bond donors (Lipinski definition) is 0. The number of hydrogen-bond acceptors (Lipinski definition) is 5.